The summed E-state index contributed by atoms with van der Waals surface area (Å²) in [5.74, 6) is 0.807. The van der Waals surface area contributed by atoms with Crippen molar-refractivity contribution in [3.63, 3.8) is 0 Å². The quantitative estimate of drug-likeness (QED) is 0.618. The molecule has 0 radical (unpaired) electrons. The second kappa shape index (κ2) is 8.13. The van der Waals surface area contributed by atoms with Gasteiger partial charge in [0.15, 0.2) is 4.34 Å². The van der Waals surface area contributed by atoms with Gasteiger partial charge in [0.1, 0.15) is 5.82 Å². The molecule has 2 aromatic heterocycles. The van der Waals surface area contributed by atoms with Gasteiger partial charge in [-0.25, -0.2) is 4.68 Å². The largest absolute Gasteiger partial charge is 0.360 e. The maximum Gasteiger partial charge on any atom is 0.235 e. The lowest BCUT2D eigenvalue weighted by Gasteiger charge is -2.08. The van der Waals surface area contributed by atoms with E-state index in [4.69, 9.17) is 0 Å². The molecule has 0 aliphatic carbocycles. The van der Waals surface area contributed by atoms with Crippen molar-refractivity contribution >= 4 is 40.0 Å². The molecule has 130 valence electrons. The predicted octanol–water partition coefficient (Wildman–Crippen LogP) is 3.19. The first-order valence-corrected chi connectivity index (χ1v) is 9.58. The lowest BCUT2D eigenvalue weighted by molar-refractivity contribution is -0.113. The minimum Gasteiger partial charge on any atom is -0.360 e. The summed E-state index contributed by atoms with van der Waals surface area (Å²) >= 11 is 2.81. The van der Waals surface area contributed by atoms with Crippen LogP contribution in [0.2, 0.25) is 0 Å². The second-order valence-corrected chi connectivity index (χ2v) is 7.36. The summed E-state index contributed by atoms with van der Waals surface area (Å²) in [4.78, 5) is 12.3. The van der Waals surface area contributed by atoms with E-state index in [0.29, 0.717) is 5.82 Å². The number of hydrogen-bond acceptors (Lipinski definition) is 7. The summed E-state index contributed by atoms with van der Waals surface area (Å²) in [5.41, 5.74) is 1.74. The van der Waals surface area contributed by atoms with Crippen molar-refractivity contribution in [3.8, 4) is 5.69 Å². The van der Waals surface area contributed by atoms with Crippen LogP contribution in [0.1, 0.15) is 12.6 Å². The lowest BCUT2D eigenvalue weighted by Crippen LogP contribution is -2.16. The lowest BCUT2D eigenvalue weighted by atomic mass is 10.3. The van der Waals surface area contributed by atoms with Gasteiger partial charge in [-0.2, -0.15) is 5.10 Å². The zero-order valence-electron chi connectivity index (χ0n) is 13.9. The van der Waals surface area contributed by atoms with Gasteiger partial charge in [0, 0.05) is 12.6 Å². The van der Waals surface area contributed by atoms with Crippen LogP contribution in [-0.2, 0) is 4.79 Å². The van der Waals surface area contributed by atoms with Crippen LogP contribution in [0, 0.1) is 6.92 Å². The van der Waals surface area contributed by atoms with Gasteiger partial charge in [0.05, 0.1) is 17.1 Å². The zero-order valence-corrected chi connectivity index (χ0v) is 15.5. The van der Waals surface area contributed by atoms with Gasteiger partial charge in [-0.15, -0.1) is 10.2 Å². The number of benzene rings is 1. The molecular formula is C16H18N6OS2. The summed E-state index contributed by atoms with van der Waals surface area (Å²) in [6, 6.07) is 11.6. The van der Waals surface area contributed by atoms with Crippen LogP contribution in [0.3, 0.4) is 0 Å². The number of hydrogen-bond donors (Lipinski definition) is 2. The third-order valence-corrected chi connectivity index (χ3v) is 5.18. The number of thioether (sulfide) groups is 1. The van der Waals surface area contributed by atoms with Gasteiger partial charge in [0.2, 0.25) is 11.0 Å². The van der Waals surface area contributed by atoms with Crippen molar-refractivity contribution in [2.24, 2.45) is 0 Å². The Hall–Kier alpha value is -2.39. The van der Waals surface area contributed by atoms with Crippen molar-refractivity contribution in [3.05, 3.63) is 42.1 Å². The molecule has 0 unspecified atom stereocenters. The minimum absolute atomic E-state index is 0.109. The Morgan fingerprint density at radius 2 is 2.08 bits per heavy atom. The molecule has 1 amide bonds. The van der Waals surface area contributed by atoms with Crippen molar-refractivity contribution in [2.75, 3.05) is 22.9 Å². The zero-order chi connectivity index (χ0) is 17.6. The Bertz CT molecular complexity index is 845. The second-order valence-electron chi connectivity index (χ2n) is 5.16. The van der Waals surface area contributed by atoms with E-state index in [1.165, 1.54) is 23.1 Å². The summed E-state index contributed by atoms with van der Waals surface area (Å²) in [6.07, 6.45) is 0. The molecule has 3 aromatic rings. The highest BCUT2D eigenvalue weighted by atomic mass is 32.2. The van der Waals surface area contributed by atoms with Crippen molar-refractivity contribution in [1.82, 2.24) is 20.0 Å². The Morgan fingerprint density at radius 3 is 2.84 bits per heavy atom. The van der Waals surface area contributed by atoms with Crippen LogP contribution >= 0.6 is 23.1 Å². The molecule has 1 aromatic carbocycles. The summed E-state index contributed by atoms with van der Waals surface area (Å²) in [7, 11) is 0. The number of aryl methyl sites for hydroxylation is 1. The van der Waals surface area contributed by atoms with E-state index in [0.717, 1.165) is 27.4 Å². The maximum absolute atomic E-state index is 12.3. The molecule has 0 aliphatic heterocycles. The van der Waals surface area contributed by atoms with Crippen LogP contribution in [0.15, 0.2) is 40.7 Å². The summed E-state index contributed by atoms with van der Waals surface area (Å²) in [5, 5.41) is 19.3. The van der Waals surface area contributed by atoms with E-state index >= 15 is 0 Å². The van der Waals surface area contributed by atoms with Gasteiger partial charge in [-0.1, -0.05) is 41.3 Å². The number of amides is 1. The molecular weight excluding hydrogens is 356 g/mol. The maximum atomic E-state index is 12.3. The predicted molar refractivity (Wildman–Crippen MR) is 102 cm³/mol. The number of rotatable bonds is 7. The average Bonchev–Trinajstić information content (AvgIpc) is 3.20. The van der Waals surface area contributed by atoms with Gasteiger partial charge in [-0.3, -0.25) is 4.79 Å². The molecule has 0 aliphatic rings. The monoisotopic (exact) mass is 374 g/mol. The first kappa shape index (κ1) is 17.4. The number of nitrogens with zero attached hydrogens (tertiary/aromatic N) is 4. The first-order valence-electron chi connectivity index (χ1n) is 7.78. The Labute approximate surface area is 153 Å². The topological polar surface area (TPSA) is 84.7 Å². The van der Waals surface area contributed by atoms with Crippen LogP contribution in [-0.4, -0.2) is 38.2 Å². The molecule has 25 heavy (non-hydrogen) atoms. The van der Waals surface area contributed by atoms with Gasteiger partial charge < -0.3 is 10.6 Å². The molecule has 0 bridgehead atoms. The number of carbonyl (C=O) groups is 1. The number of carbonyl (C=O) groups excluding carboxylic acids is 1. The van der Waals surface area contributed by atoms with Gasteiger partial charge in [0.25, 0.3) is 0 Å². The number of anilines is 2. The highest BCUT2D eigenvalue weighted by Gasteiger charge is 2.12. The number of aromatic nitrogens is 4. The molecule has 0 spiro atoms. The van der Waals surface area contributed by atoms with Crippen LogP contribution in [0.25, 0.3) is 5.69 Å². The van der Waals surface area contributed by atoms with Crippen LogP contribution in [0.5, 0.6) is 0 Å². The van der Waals surface area contributed by atoms with Crippen molar-refractivity contribution in [2.45, 2.75) is 18.2 Å². The van der Waals surface area contributed by atoms with Crippen molar-refractivity contribution in [1.29, 1.82) is 0 Å². The Morgan fingerprint density at radius 1 is 1.28 bits per heavy atom. The fourth-order valence-electron chi connectivity index (χ4n) is 2.15. The van der Waals surface area contributed by atoms with E-state index in [9.17, 15) is 4.79 Å². The highest BCUT2D eigenvalue weighted by molar-refractivity contribution is 8.01. The van der Waals surface area contributed by atoms with Gasteiger partial charge >= 0.3 is 0 Å². The standard InChI is InChI=1S/C16H18N6OS2/c1-3-17-15-19-20-16(25-15)24-10-14(23)18-13-9-11(2)21-22(13)12-7-5-4-6-8-12/h4-9H,3,10H2,1-2H3,(H,17,19)(H,18,23). The van der Waals surface area contributed by atoms with E-state index in [1.807, 2.05) is 50.2 Å². The Kier molecular flexibility index (Phi) is 5.67. The number of nitrogens with one attached hydrogen (secondary N) is 2. The summed E-state index contributed by atoms with van der Waals surface area (Å²) in [6.45, 7) is 4.69. The van der Waals surface area contributed by atoms with Crippen LogP contribution < -0.4 is 10.6 Å². The SMILES string of the molecule is CCNc1nnc(SCC(=O)Nc2cc(C)nn2-c2ccccc2)s1. The molecule has 2 heterocycles. The molecule has 9 heteroatoms. The van der Waals surface area contributed by atoms with Crippen molar-refractivity contribution < 1.29 is 4.79 Å². The molecule has 0 saturated heterocycles. The molecule has 3 rings (SSSR count). The van der Waals surface area contributed by atoms with E-state index in [1.54, 1.807) is 4.68 Å². The van der Waals surface area contributed by atoms with E-state index in [2.05, 4.69) is 25.9 Å². The van der Waals surface area contributed by atoms with E-state index < -0.39 is 0 Å². The van der Waals surface area contributed by atoms with E-state index in [-0.39, 0.29) is 11.7 Å². The molecule has 0 saturated carbocycles. The molecule has 0 fully saturated rings. The minimum atomic E-state index is -0.109. The average molecular weight is 374 g/mol. The third-order valence-electron chi connectivity index (χ3n) is 3.16. The third kappa shape index (κ3) is 4.58. The first-order chi connectivity index (χ1) is 12.2. The van der Waals surface area contributed by atoms with Crippen LogP contribution in [0.4, 0.5) is 10.9 Å². The smallest absolute Gasteiger partial charge is 0.235 e. The fourth-order valence-corrected chi connectivity index (χ4v) is 3.77. The number of para-hydroxylation sites is 1. The van der Waals surface area contributed by atoms with Gasteiger partial charge in [-0.05, 0) is 26.0 Å². The molecule has 7 nitrogen and oxygen atoms in total. The fraction of sp³-hybridized carbons (Fsp3) is 0.250. The summed E-state index contributed by atoms with van der Waals surface area (Å²) < 4.78 is 2.49. The molecule has 2 N–H and O–H groups in total. The Balaban J connectivity index is 1.63. The molecule has 0 atom stereocenters. The normalized spacial score (nSPS) is 10.6. The highest BCUT2D eigenvalue weighted by Crippen LogP contribution is 2.25.